The molecule has 0 saturated heterocycles. The van der Waals surface area contributed by atoms with E-state index < -0.39 is 22.0 Å². The Labute approximate surface area is 196 Å². The Balaban J connectivity index is 0.00000784. The number of amidine groups is 1. The van der Waals surface area contributed by atoms with E-state index in [1.54, 1.807) is 9.48 Å². The van der Waals surface area contributed by atoms with E-state index in [-0.39, 0.29) is 48.5 Å². The molecule has 0 spiro atoms. The third-order valence-corrected chi connectivity index (χ3v) is 5.38. The molecule has 0 saturated carbocycles. The van der Waals surface area contributed by atoms with Gasteiger partial charge in [0, 0.05) is 6.42 Å². The molecule has 0 fully saturated rings. The summed E-state index contributed by atoms with van der Waals surface area (Å²) in [7, 11) is -4.54. The molecule has 10 heteroatoms. The van der Waals surface area contributed by atoms with E-state index >= 15 is 0 Å². The third-order valence-electron chi connectivity index (χ3n) is 4.58. The first kappa shape index (κ1) is 28.7. The van der Waals surface area contributed by atoms with Crippen molar-refractivity contribution in [3.05, 3.63) is 12.2 Å². The standard InChI is InChI=1S/C19H34N2O6S.Na/c1-2-3-4-5-6-7-8-9-10-18(24)19-20(13-14-22)11-12-21(19)15-17(23)16-28(25,26)27;/h4-5,17,22-23H,2-3,6-16H2,1H3;/q;+1/b5-4+;. The average molecular weight is 442 g/mol. The van der Waals surface area contributed by atoms with Gasteiger partial charge in [0.2, 0.25) is 5.78 Å². The van der Waals surface area contributed by atoms with Crippen molar-refractivity contribution in [3.63, 3.8) is 0 Å². The summed E-state index contributed by atoms with van der Waals surface area (Å²) in [5.41, 5.74) is 0. The van der Waals surface area contributed by atoms with Gasteiger partial charge in [0.1, 0.15) is 32.3 Å². The van der Waals surface area contributed by atoms with Crippen LogP contribution >= 0.6 is 0 Å². The molecule has 1 unspecified atom stereocenters. The number of nitrogens with zero attached hydrogens (tertiary/aromatic N) is 2. The Morgan fingerprint density at radius 1 is 1.28 bits per heavy atom. The molecule has 0 amide bonds. The molecule has 1 aliphatic heterocycles. The van der Waals surface area contributed by atoms with Crippen LogP contribution in [0.3, 0.4) is 0 Å². The van der Waals surface area contributed by atoms with Crippen molar-refractivity contribution in [1.29, 1.82) is 0 Å². The predicted octanol–water partition coefficient (Wildman–Crippen LogP) is -2.51. The van der Waals surface area contributed by atoms with E-state index in [0.717, 1.165) is 38.5 Å². The smallest absolute Gasteiger partial charge is 0.748 e. The van der Waals surface area contributed by atoms with E-state index in [1.165, 1.54) is 0 Å². The molecule has 0 aromatic heterocycles. The van der Waals surface area contributed by atoms with Crippen LogP contribution in [0.5, 0.6) is 0 Å². The number of hydrogen-bond donors (Lipinski definition) is 2. The minimum absolute atomic E-state index is 0. The maximum absolute atomic E-state index is 12.7. The Morgan fingerprint density at radius 3 is 2.59 bits per heavy atom. The van der Waals surface area contributed by atoms with E-state index in [2.05, 4.69) is 19.1 Å². The molecule has 0 aromatic rings. The van der Waals surface area contributed by atoms with Crippen LogP contribution in [0.25, 0.3) is 0 Å². The van der Waals surface area contributed by atoms with Gasteiger partial charge in [0.15, 0.2) is 0 Å². The van der Waals surface area contributed by atoms with Gasteiger partial charge >= 0.3 is 35.4 Å². The first-order chi connectivity index (χ1) is 13.3. The van der Waals surface area contributed by atoms with Crippen LogP contribution in [-0.4, -0.2) is 88.9 Å². The zero-order valence-electron chi connectivity index (χ0n) is 17.8. The number of carbonyl (C=O) groups is 1. The van der Waals surface area contributed by atoms with Gasteiger partial charge in [-0.1, -0.05) is 31.9 Å². The molecule has 0 aromatic carbocycles. The van der Waals surface area contributed by atoms with Gasteiger partial charge < -0.3 is 14.8 Å². The largest absolute Gasteiger partial charge is 1.00 e. The van der Waals surface area contributed by atoms with Gasteiger partial charge in [-0.3, -0.25) is 14.3 Å². The molecule has 1 atom stereocenters. The van der Waals surface area contributed by atoms with Gasteiger partial charge in [0.25, 0.3) is 0 Å². The first-order valence-electron chi connectivity index (χ1n) is 10.1. The second-order valence-corrected chi connectivity index (χ2v) is 8.59. The van der Waals surface area contributed by atoms with Gasteiger partial charge in [0.05, 0.1) is 22.5 Å². The van der Waals surface area contributed by atoms with Crippen molar-refractivity contribution in [1.82, 2.24) is 4.90 Å². The van der Waals surface area contributed by atoms with Crippen molar-refractivity contribution in [3.8, 4) is 0 Å². The number of unbranched alkanes of at least 4 members (excludes halogenated alkanes) is 4. The Bertz CT molecular complexity index is 651. The summed E-state index contributed by atoms with van der Waals surface area (Å²) in [6.07, 6.45) is 9.31. The van der Waals surface area contributed by atoms with Crippen molar-refractivity contribution < 1.29 is 62.1 Å². The number of β-amino-alcohol motifs (C(OH)–C–C–N with tert-alkyl or cyclic N) is 2. The maximum Gasteiger partial charge on any atom is 1.00 e. The average Bonchev–Trinajstić information content (AvgIpc) is 2.98. The maximum atomic E-state index is 12.7. The number of aliphatic hydroxyl groups excluding tert-OH is 2. The van der Waals surface area contributed by atoms with Crippen molar-refractivity contribution >= 4 is 21.7 Å². The summed E-state index contributed by atoms with van der Waals surface area (Å²) in [6, 6.07) is 0. The molecule has 0 radical (unpaired) electrons. The molecule has 0 bridgehead atoms. The van der Waals surface area contributed by atoms with Gasteiger partial charge in [-0.05, 0) is 25.7 Å². The fourth-order valence-electron chi connectivity index (χ4n) is 3.30. The molecule has 1 rings (SSSR count). The SMILES string of the molecule is CCC/C=C/CCCCCC(=O)C1=[N+](CC(O)CS(=O)(=O)[O-])CCN1CCO.[Na+]. The summed E-state index contributed by atoms with van der Waals surface area (Å²) in [5.74, 6) is -0.555. The topological polar surface area (TPSA) is 121 Å². The van der Waals surface area contributed by atoms with Crippen LogP contribution in [0.15, 0.2) is 12.2 Å². The molecule has 0 aliphatic carbocycles. The van der Waals surface area contributed by atoms with Crippen LogP contribution in [0.2, 0.25) is 0 Å². The van der Waals surface area contributed by atoms with Gasteiger partial charge in [-0.2, -0.15) is 0 Å². The molecular formula is C19H34N2NaO6S+. The molecule has 1 heterocycles. The molecule has 1 aliphatic rings. The van der Waals surface area contributed by atoms with Gasteiger partial charge in [-0.15, -0.1) is 0 Å². The summed E-state index contributed by atoms with van der Waals surface area (Å²) in [5, 5.41) is 19.1. The molecule has 2 N–H and O–H groups in total. The third kappa shape index (κ3) is 12.2. The second-order valence-electron chi connectivity index (χ2n) is 7.14. The summed E-state index contributed by atoms with van der Waals surface area (Å²) in [4.78, 5) is 14.5. The van der Waals surface area contributed by atoms with Gasteiger partial charge in [-0.25, -0.2) is 8.42 Å². The minimum Gasteiger partial charge on any atom is -0.748 e. The first-order valence-corrected chi connectivity index (χ1v) is 11.6. The zero-order valence-corrected chi connectivity index (χ0v) is 20.6. The monoisotopic (exact) mass is 441 g/mol. The molecular weight excluding hydrogens is 407 g/mol. The zero-order chi connectivity index (χ0) is 21.0. The number of aliphatic hydroxyl groups is 2. The number of allylic oxidation sites excluding steroid dienone is 2. The summed E-state index contributed by atoms with van der Waals surface area (Å²) in [6.45, 7) is 3.20. The Morgan fingerprint density at radius 2 is 1.97 bits per heavy atom. The molecule has 162 valence electrons. The molecule has 8 nitrogen and oxygen atoms in total. The van der Waals surface area contributed by atoms with Crippen LogP contribution in [0.4, 0.5) is 0 Å². The van der Waals surface area contributed by atoms with E-state index in [4.69, 9.17) is 0 Å². The van der Waals surface area contributed by atoms with E-state index in [0.29, 0.717) is 31.9 Å². The van der Waals surface area contributed by atoms with Crippen LogP contribution < -0.4 is 29.6 Å². The number of Topliss-reactive ketones (excluding diaryl/α,β-unsaturated/α-hetero) is 1. The predicted molar refractivity (Wildman–Crippen MR) is 106 cm³/mol. The fourth-order valence-corrected chi connectivity index (χ4v) is 3.88. The van der Waals surface area contributed by atoms with Crippen LogP contribution in [0, 0.1) is 0 Å². The number of carbonyl (C=O) groups excluding carboxylic acids is 1. The van der Waals surface area contributed by atoms with Crippen LogP contribution in [0.1, 0.15) is 51.9 Å². The number of ketones is 1. The van der Waals surface area contributed by atoms with Crippen molar-refractivity contribution in [2.45, 2.75) is 58.0 Å². The van der Waals surface area contributed by atoms with Crippen molar-refractivity contribution in [2.75, 3.05) is 38.5 Å². The van der Waals surface area contributed by atoms with Crippen molar-refractivity contribution in [2.24, 2.45) is 0 Å². The van der Waals surface area contributed by atoms with Crippen LogP contribution in [-0.2, 0) is 14.9 Å². The number of rotatable bonds is 15. The van der Waals surface area contributed by atoms with E-state index in [9.17, 15) is 28.0 Å². The molecule has 29 heavy (non-hydrogen) atoms. The summed E-state index contributed by atoms with van der Waals surface area (Å²) < 4.78 is 34.1. The Kier molecular flexibility index (Phi) is 15.3. The Hall–Kier alpha value is -0.290. The summed E-state index contributed by atoms with van der Waals surface area (Å²) >= 11 is 0. The normalized spacial score (nSPS) is 15.8. The quantitative estimate of drug-likeness (QED) is 0.0947. The van der Waals surface area contributed by atoms with E-state index in [1.807, 2.05) is 0 Å². The fraction of sp³-hybridized carbons (Fsp3) is 0.789. The second kappa shape index (κ2) is 15.5. The number of hydrogen-bond acceptors (Lipinski definition) is 7. The minimum atomic E-state index is -4.54.